The van der Waals surface area contributed by atoms with E-state index in [1.54, 1.807) is 20.4 Å². The summed E-state index contributed by atoms with van der Waals surface area (Å²) in [6.45, 7) is 11.3. The van der Waals surface area contributed by atoms with Crippen molar-refractivity contribution in [2.75, 3.05) is 31.1 Å². The molecule has 0 radical (unpaired) electrons. The van der Waals surface area contributed by atoms with E-state index in [9.17, 15) is 4.57 Å². The zero-order valence-electron chi connectivity index (χ0n) is 17.4. The maximum absolute atomic E-state index is 12.5. The highest BCUT2D eigenvalue weighted by molar-refractivity contribution is 7.70. The predicted octanol–water partition coefficient (Wildman–Crippen LogP) is 5.79. The Bertz CT molecular complexity index is 1010. The molecular formula is C22H27ClN3O2P. The van der Waals surface area contributed by atoms with Crippen LogP contribution in [0, 0.1) is 6.92 Å². The number of aliphatic imine (C=N–C) groups is 1. The number of aryl methyl sites for hydroxylation is 1. The highest BCUT2D eigenvalue weighted by Crippen LogP contribution is 2.38. The summed E-state index contributed by atoms with van der Waals surface area (Å²) in [6, 6.07) is 13.3. The molecule has 2 aromatic rings. The number of rotatable bonds is 7. The lowest BCUT2D eigenvalue weighted by atomic mass is 10.2. The molecule has 2 aromatic carbocycles. The van der Waals surface area contributed by atoms with Crippen molar-refractivity contribution in [1.82, 2.24) is 0 Å². The average Bonchev–Trinajstić information content (AvgIpc) is 2.65. The van der Waals surface area contributed by atoms with Gasteiger partial charge in [-0.25, -0.2) is 4.99 Å². The van der Waals surface area contributed by atoms with Crippen molar-refractivity contribution < 1.29 is 9.30 Å². The molecule has 0 saturated heterocycles. The lowest BCUT2D eigenvalue weighted by Crippen LogP contribution is -2.12. The summed E-state index contributed by atoms with van der Waals surface area (Å²) in [5, 5.41) is 7.44. The van der Waals surface area contributed by atoms with Crippen LogP contribution in [0.15, 0.2) is 71.0 Å². The number of para-hydroxylation sites is 1. The van der Waals surface area contributed by atoms with Crippen molar-refractivity contribution in [1.29, 1.82) is 0 Å². The molecule has 154 valence electrons. The predicted molar refractivity (Wildman–Crippen MR) is 127 cm³/mol. The minimum Gasteiger partial charge on any atom is -0.495 e. The summed E-state index contributed by atoms with van der Waals surface area (Å²) in [7, 11) is -0.817. The van der Waals surface area contributed by atoms with Crippen LogP contribution < -0.4 is 20.7 Å². The van der Waals surface area contributed by atoms with Crippen LogP contribution in [0.4, 0.5) is 11.4 Å². The molecule has 2 N–H and O–H groups in total. The van der Waals surface area contributed by atoms with Crippen LogP contribution in [0.2, 0.25) is 0 Å². The maximum Gasteiger partial charge on any atom is 0.142 e. The molecule has 2 rings (SSSR count). The summed E-state index contributed by atoms with van der Waals surface area (Å²) in [4.78, 5) is 4.36. The summed E-state index contributed by atoms with van der Waals surface area (Å²) < 4.78 is 17.9. The van der Waals surface area contributed by atoms with Gasteiger partial charge in [0, 0.05) is 17.2 Å². The van der Waals surface area contributed by atoms with E-state index in [2.05, 4.69) is 22.2 Å². The Balaban J connectivity index is 2.14. The van der Waals surface area contributed by atoms with Gasteiger partial charge in [-0.2, -0.15) is 0 Å². The largest absolute Gasteiger partial charge is 0.495 e. The number of ether oxygens (including phenoxy) is 1. The molecule has 0 atom stereocenters. The number of anilines is 2. The van der Waals surface area contributed by atoms with Gasteiger partial charge in [0.15, 0.2) is 0 Å². The minimum absolute atomic E-state index is 0.346. The zero-order chi connectivity index (χ0) is 21.6. The van der Waals surface area contributed by atoms with Gasteiger partial charge < -0.3 is 19.9 Å². The SMILES string of the molecule is C=C(Nc1ccccc1P(C)(C)=O)/C(Cl)=C\N=C(C)Nc1cc(C)ccc1OC. The Labute approximate surface area is 177 Å². The zero-order valence-corrected chi connectivity index (χ0v) is 19.1. The molecule has 0 aliphatic heterocycles. The topological polar surface area (TPSA) is 62.7 Å². The third-order valence-electron chi connectivity index (χ3n) is 4.10. The van der Waals surface area contributed by atoms with Crippen molar-refractivity contribution in [3.8, 4) is 5.75 Å². The number of hydrogen-bond donors (Lipinski definition) is 2. The van der Waals surface area contributed by atoms with E-state index in [-0.39, 0.29) is 0 Å². The van der Waals surface area contributed by atoms with Crippen LogP contribution in [-0.2, 0) is 4.57 Å². The average molecular weight is 432 g/mol. The van der Waals surface area contributed by atoms with E-state index in [1.165, 1.54) is 6.20 Å². The van der Waals surface area contributed by atoms with E-state index in [4.69, 9.17) is 16.3 Å². The Morgan fingerprint density at radius 2 is 1.86 bits per heavy atom. The summed E-state index contributed by atoms with van der Waals surface area (Å²) in [6.07, 6.45) is 1.52. The number of benzene rings is 2. The lowest BCUT2D eigenvalue weighted by Gasteiger charge is -2.16. The van der Waals surface area contributed by atoms with Gasteiger partial charge in [0.25, 0.3) is 0 Å². The molecule has 0 heterocycles. The van der Waals surface area contributed by atoms with Gasteiger partial charge in [-0.3, -0.25) is 0 Å². The number of methoxy groups -OCH3 is 1. The van der Waals surface area contributed by atoms with E-state index in [0.29, 0.717) is 16.6 Å². The highest BCUT2D eigenvalue weighted by Gasteiger charge is 2.16. The molecule has 0 aliphatic carbocycles. The van der Waals surface area contributed by atoms with Crippen LogP contribution in [-0.4, -0.2) is 26.3 Å². The quantitative estimate of drug-likeness (QED) is 0.252. The number of nitrogens with one attached hydrogen (secondary N) is 2. The molecular weight excluding hydrogens is 405 g/mol. The lowest BCUT2D eigenvalue weighted by molar-refractivity contribution is 0.417. The van der Waals surface area contributed by atoms with Gasteiger partial charge in [-0.1, -0.05) is 36.4 Å². The molecule has 0 aromatic heterocycles. The normalized spacial score (nSPS) is 12.5. The van der Waals surface area contributed by atoms with Crippen LogP contribution in [0.1, 0.15) is 12.5 Å². The molecule has 0 spiro atoms. The van der Waals surface area contributed by atoms with Crippen LogP contribution in [0.25, 0.3) is 0 Å². The number of allylic oxidation sites excluding steroid dienone is 1. The third kappa shape index (κ3) is 6.52. The Morgan fingerprint density at radius 1 is 1.17 bits per heavy atom. The molecule has 5 nitrogen and oxygen atoms in total. The van der Waals surface area contributed by atoms with Crippen molar-refractivity contribution in [2.45, 2.75) is 13.8 Å². The Kier molecular flexibility index (Phi) is 7.72. The number of amidine groups is 1. The molecule has 7 heteroatoms. The second kappa shape index (κ2) is 9.82. The van der Waals surface area contributed by atoms with E-state index in [0.717, 1.165) is 28.0 Å². The monoisotopic (exact) mass is 431 g/mol. The van der Waals surface area contributed by atoms with E-state index >= 15 is 0 Å². The van der Waals surface area contributed by atoms with Crippen molar-refractivity contribution in [2.24, 2.45) is 4.99 Å². The summed E-state index contributed by atoms with van der Waals surface area (Å²) in [5.41, 5.74) is 3.12. The first-order chi connectivity index (χ1) is 13.6. The van der Waals surface area contributed by atoms with Gasteiger partial charge in [-0.15, -0.1) is 0 Å². The smallest absolute Gasteiger partial charge is 0.142 e. The maximum atomic E-state index is 12.5. The van der Waals surface area contributed by atoms with Gasteiger partial charge >= 0.3 is 0 Å². The molecule has 0 saturated carbocycles. The number of hydrogen-bond acceptors (Lipinski definition) is 4. The van der Waals surface area contributed by atoms with Crippen LogP contribution in [0.5, 0.6) is 5.75 Å². The number of nitrogens with zero attached hydrogens (tertiary/aromatic N) is 1. The standard InChI is InChI=1S/C22H27ClN3O2P/c1-15-11-12-21(28-4)20(13-15)26-17(3)24-14-18(23)16(2)25-19-9-7-8-10-22(19)29(5,6)27/h7-14,25H,2H2,1,3-6H3,(H,24,26)/b18-14+. The van der Waals surface area contributed by atoms with Crippen molar-refractivity contribution >= 4 is 41.3 Å². The fourth-order valence-corrected chi connectivity index (χ4v) is 3.90. The second-order valence-corrected chi connectivity index (χ2v) is 10.6. The van der Waals surface area contributed by atoms with E-state index in [1.807, 2.05) is 56.3 Å². The van der Waals surface area contributed by atoms with E-state index < -0.39 is 7.14 Å². The fraction of sp³-hybridized carbons (Fsp3) is 0.227. The Hall–Kier alpha value is -2.49. The first-order valence-electron chi connectivity index (χ1n) is 9.04. The van der Waals surface area contributed by atoms with Crippen LogP contribution >= 0.6 is 18.7 Å². The first kappa shape index (κ1) is 22.8. The summed E-state index contributed by atoms with van der Waals surface area (Å²) in [5.74, 6) is 1.37. The highest BCUT2D eigenvalue weighted by atomic mass is 35.5. The minimum atomic E-state index is -2.44. The van der Waals surface area contributed by atoms with Gasteiger partial charge in [0.2, 0.25) is 0 Å². The summed E-state index contributed by atoms with van der Waals surface area (Å²) >= 11 is 6.35. The van der Waals surface area contributed by atoms with Gasteiger partial charge in [0.05, 0.1) is 23.5 Å². The first-order valence-corrected chi connectivity index (χ1v) is 12.0. The van der Waals surface area contributed by atoms with Crippen LogP contribution in [0.3, 0.4) is 0 Å². The molecule has 29 heavy (non-hydrogen) atoms. The molecule has 0 amide bonds. The van der Waals surface area contributed by atoms with Crippen molar-refractivity contribution in [3.63, 3.8) is 0 Å². The second-order valence-electron chi connectivity index (χ2n) is 6.99. The fourth-order valence-electron chi connectivity index (χ4n) is 2.65. The van der Waals surface area contributed by atoms with Crippen molar-refractivity contribution in [3.05, 3.63) is 71.5 Å². The third-order valence-corrected chi connectivity index (χ3v) is 5.98. The number of halogens is 1. The van der Waals surface area contributed by atoms with Gasteiger partial charge in [0.1, 0.15) is 18.7 Å². The molecule has 0 unspecified atom stereocenters. The van der Waals surface area contributed by atoms with Gasteiger partial charge in [-0.05, 0) is 57.0 Å². The molecule has 0 aliphatic rings. The molecule has 0 fully saturated rings. The Morgan fingerprint density at radius 3 is 2.52 bits per heavy atom. The molecule has 0 bridgehead atoms.